The highest BCUT2D eigenvalue weighted by atomic mass is 16.6. The lowest BCUT2D eigenvalue weighted by Gasteiger charge is -2.22. The number of Topliss-reactive ketones (excluding diaryl/α,β-unsaturated/α-hetero) is 1. The highest BCUT2D eigenvalue weighted by Gasteiger charge is 2.31. The third kappa shape index (κ3) is 4.52. The number of benzene rings is 2. The predicted octanol–water partition coefficient (Wildman–Crippen LogP) is 4.65. The number of methoxy groups -OCH3 is 1. The number of amides is 1. The van der Waals surface area contributed by atoms with Crippen LogP contribution >= 0.6 is 0 Å². The molecule has 1 amide bonds. The molecule has 0 aliphatic carbocycles. The molecule has 1 fully saturated rings. The zero-order chi connectivity index (χ0) is 21.5. The number of ketones is 1. The number of cyclic esters (lactones) is 1. The third-order valence-corrected chi connectivity index (χ3v) is 4.97. The number of hydrogen-bond acceptors (Lipinski definition) is 5. The molecule has 154 valence electrons. The maximum absolute atomic E-state index is 13.3. The van der Waals surface area contributed by atoms with Crippen LogP contribution in [0.4, 0.5) is 4.79 Å². The molecule has 1 aliphatic rings. The van der Waals surface area contributed by atoms with Crippen LogP contribution < -0.4 is 4.74 Å². The number of ether oxygens (including phenoxy) is 2. The van der Waals surface area contributed by atoms with Gasteiger partial charge >= 0.3 is 6.09 Å². The average Bonchev–Trinajstić information content (AvgIpc) is 3.21. The summed E-state index contributed by atoms with van der Waals surface area (Å²) in [4.78, 5) is 27.3. The smallest absolute Gasteiger partial charge is 0.414 e. The van der Waals surface area contributed by atoms with Gasteiger partial charge in [0.2, 0.25) is 0 Å². The molecule has 0 bridgehead atoms. The zero-order valence-corrected chi connectivity index (χ0v) is 17.2. The first-order valence-electron chi connectivity index (χ1n) is 9.95. The van der Waals surface area contributed by atoms with Crippen LogP contribution in [0.5, 0.6) is 5.75 Å². The van der Waals surface area contributed by atoms with Crippen molar-refractivity contribution in [2.75, 3.05) is 20.3 Å². The van der Waals surface area contributed by atoms with Crippen LogP contribution in [-0.4, -0.2) is 37.0 Å². The lowest BCUT2D eigenvalue weighted by Crippen LogP contribution is -2.25. The predicted molar refractivity (Wildman–Crippen MR) is 114 cm³/mol. The first kappa shape index (κ1) is 21.1. The van der Waals surface area contributed by atoms with E-state index in [2.05, 4.69) is 6.07 Å². The summed E-state index contributed by atoms with van der Waals surface area (Å²) in [5, 5.41) is 9.13. The molecule has 1 saturated heterocycles. The van der Waals surface area contributed by atoms with Crippen molar-refractivity contribution in [1.82, 2.24) is 4.90 Å². The van der Waals surface area contributed by atoms with E-state index < -0.39 is 6.09 Å². The SMILES string of the molecule is CCCCC(=O)/C(=C(\c1ccc(C#N)cc1)N1CCOC1=O)c1ccc(OC)cc1. The summed E-state index contributed by atoms with van der Waals surface area (Å²) >= 11 is 0. The second-order valence-electron chi connectivity index (χ2n) is 6.93. The number of allylic oxidation sites excluding steroid dienone is 1. The first-order valence-corrected chi connectivity index (χ1v) is 9.95. The third-order valence-electron chi connectivity index (χ3n) is 4.97. The Morgan fingerprint density at radius 2 is 1.80 bits per heavy atom. The topological polar surface area (TPSA) is 79.6 Å². The average molecular weight is 404 g/mol. The number of hydrogen-bond donors (Lipinski definition) is 0. The van der Waals surface area contributed by atoms with Crippen LogP contribution in [-0.2, 0) is 9.53 Å². The fraction of sp³-hybridized carbons (Fsp3) is 0.292. The van der Waals surface area contributed by atoms with Crippen molar-refractivity contribution in [2.45, 2.75) is 26.2 Å². The van der Waals surface area contributed by atoms with Gasteiger partial charge in [-0.1, -0.05) is 37.6 Å². The van der Waals surface area contributed by atoms with Crippen LogP contribution in [0.15, 0.2) is 48.5 Å². The summed E-state index contributed by atoms with van der Waals surface area (Å²) in [6.45, 7) is 2.65. The van der Waals surface area contributed by atoms with E-state index in [0.29, 0.717) is 46.7 Å². The Labute approximate surface area is 176 Å². The Hall–Kier alpha value is -3.59. The van der Waals surface area contributed by atoms with Gasteiger partial charge < -0.3 is 9.47 Å². The van der Waals surface area contributed by atoms with E-state index >= 15 is 0 Å². The normalized spacial score (nSPS) is 14.0. The van der Waals surface area contributed by atoms with Crippen LogP contribution in [0.2, 0.25) is 0 Å². The van der Waals surface area contributed by atoms with E-state index in [9.17, 15) is 9.59 Å². The van der Waals surface area contributed by atoms with Crippen molar-refractivity contribution >= 4 is 23.1 Å². The fourth-order valence-electron chi connectivity index (χ4n) is 3.38. The molecule has 0 aromatic heterocycles. The monoisotopic (exact) mass is 404 g/mol. The van der Waals surface area contributed by atoms with E-state index in [1.807, 2.05) is 19.1 Å². The molecule has 2 aromatic rings. The maximum atomic E-state index is 13.3. The molecule has 30 heavy (non-hydrogen) atoms. The lowest BCUT2D eigenvalue weighted by molar-refractivity contribution is -0.113. The Kier molecular flexibility index (Phi) is 6.87. The van der Waals surface area contributed by atoms with E-state index in [1.54, 1.807) is 43.5 Å². The van der Waals surface area contributed by atoms with E-state index in [-0.39, 0.29) is 12.4 Å². The van der Waals surface area contributed by atoms with Gasteiger partial charge in [0, 0.05) is 12.0 Å². The molecule has 0 N–H and O–H groups in total. The molecule has 0 unspecified atom stereocenters. The largest absolute Gasteiger partial charge is 0.497 e. The molecular formula is C24H24N2O4. The van der Waals surface area contributed by atoms with Crippen molar-refractivity contribution in [3.05, 3.63) is 65.2 Å². The second kappa shape index (κ2) is 9.75. The van der Waals surface area contributed by atoms with Gasteiger partial charge in [-0.05, 0) is 41.8 Å². The minimum Gasteiger partial charge on any atom is -0.497 e. The standard InChI is InChI=1S/C24H24N2O4/c1-3-4-5-21(27)22(18-10-12-20(29-2)13-11-18)23(26-14-15-30-24(26)28)19-8-6-17(16-25)7-9-19/h6-13H,3-5,14-15H2,1-2H3/b23-22+. The maximum Gasteiger partial charge on any atom is 0.414 e. The van der Waals surface area contributed by atoms with Gasteiger partial charge in [0.05, 0.1) is 31.0 Å². The molecule has 6 nitrogen and oxygen atoms in total. The summed E-state index contributed by atoms with van der Waals surface area (Å²) < 4.78 is 10.4. The van der Waals surface area contributed by atoms with Gasteiger partial charge in [-0.15, -0.1) is 0 Å². The molecule has 0 spiro atoms. The van der Waals surface area contributed by atoms with Crippen LogP contribution in [0.3, 0.4) is 0 Å². The number of nitrogens with zero attached hydrogens (tertiary/aromatic N) is 2. The van der Waals surface area contributed by atoms with Crippen LogP contribution in [0.25, 0.3) is 11.3 Å². The molecule has 0 atom stereocenters. The minimum absolute atomic E-state index is 0.0407. The summed E-state index contributed by atoms with van der Waals surface area (Å²) in [7, 11) is 1.58. The first-order chi connectivity index (χ1) is 14.6. The zero-order valence-electron chi connectivity index (χ0n) is 17.2. The number of rotatable bonds is 8. The van der Waals surface area contributed by atoms with Crippen molar-refractivity contribution in [1.29, 1.82) is 5.26 Å². The highest BCUT2D eigenvalue weighted by Crippen LogP contribution is 2.34. The van der Waals surface area contributed by atoms with E-state index in [4.69, 9.17) is 14.7 Å². The Bertz CT molecular complexity index is 985. The number of carbonyl (C=O) groups is 2. The molecule has 0 saturated carbocycles. The van der Waals surface area contributed by atoms with Gasteiger partial charge in [-0.3, -0.25) is 9.69 Å². The summed E-state index contributed by atoms with van der Waals surface area (Å²) in [6.07, 6.45) is 1.53. The van der Waals surface area contributed by atoms with Gasteiger partial charge in [0.25, 0.3) is 0 Å². The van der Waals surface area contributed by atoms with Gasteiger partial charge in [0.1, 0.15) is 12.4 Å². The van der Waals surface area contributed by atoms with Crippen LogP contribution in [0.1, 0.15) is 42.9 Å². The van der Waals surface area contributed by atoms with Gasteiger partial charge in [-0.2, -0.15) is 5.26 Å². The number of nitriles is 1. The second-order valence-corrected chi connectivity index (χ2v) is 6.93. The molecule has 1 aliphatic heterocycles. The molecule has 1 heterocycles. The van der Waals surface area contributed by atoms with Gasteiger partial charge in [-0.25, -0.2) is 4.79 Å². The van der Waals surface area contributed by atoms with E-state index in [0.717, 1.165) is 12.8 Å². The van der Waals surface area contributed by atoms with Crippen molar-refractivity contribution in [2.24, 2.45) is 0 Å². The molecule has 6 heteroatoms. The van der Waals surface area contributed by atoms with E-state index in [1.165, 1.54) is 4.90 Å². The van der Waals surface area contributed by atoms with Crippen molar-refractivity contribution < 1.29 is 19.1 Å². The Morgan fingerprint density at radius 1 is 1.13 bits per heavy atom. The summed E-state index contributed by atoms with van der Waals surface area (Å²) in [5.74, 6) is 0.640. The Morgan fingerprint density at radius 3 is 2.33 bits per heavy atom. The summed E-state index contributed by atoms with van der Waals surface area (Å²) in [6, 6.07) is 16.2. The summed E-state index contributed by atoms with van der Waals surface area (Å²) in [5.41, 5.74) is 2.87. The quantitative estimate of drug-likeness (QED) is 0.473. The number of carbonyl (C=O) groups excluding carboxylic acids is 2. The minimum atomic E-state index is -0.483. The van der Waals surface area contributed by atoms with Crippen molar-refractivity contribution in [3.63, 3.8) is 0 Å². The molecule has 0 radical (unpaired) electrons. The van der Waals surface area contributed by atoms with Crippen molar-refractivity contribution in [3.8, 4) is 11.8 Å². The molecule has 2 aromatic carbocycles. The van der Waals surface area contributed by atoms with Crippen LogP contribution in [0, 0.1) is 11.3 Å². The Balaban J connectivity index is 2.23. The number of unbranched alkanes of at least 4 members (excludes halogenated alkanes) is 1. The molecular weight excluding hydrogens is 380 g/mol. The van der Waals surface area contributed by atoms with Gasteiger partial charge in [0.15, 0.2) is 5.78 Å². The lowest BCUT2D eigenvalue weighted by atomic mass is 9.92. The fourth-order valence-corrected chi connectivity index (χ4v) is 3.38. The molecule has 3 rings (SSSR count). The highest BCUT2D eigenvalue weighted by molar-refractivity contribution is 6.28.